The third-order valence-electron chi connectivity index (χ3n) is 6.88. The SMILES string of the molecule is COc1cc2c(cc1OC(=O)C(C)(C)C)CC1c3c(cc(OC(=O)C(C)(C)C)c(OC)c3-2)CCN1C. The van der Waals surface area contributed by atoms with E-state index in [-0.39, 0.29) is 18.0 Å². The third kappa shape index (κ3) is 4.57. The van der Waals surface area contributed by atoms with Gasteiger partial charge in [-0.25, -0.2) is 0 Å². The lowest BCUT2D eigenvalue weighted by Crippen LogP contribution is -2.36. The summed E-state index contributed by atoms with van der Waals surface area (Å²) in [6.45, 7) is 11.8. The van der Waals surface area contributed by atoms with Crippen molar-refractivity contribution in [3.63, 3.8) is 0 Å². The van der Waals surface area contributed by atoms with Crippen molar-refractivity contribution < 1.29 is 28.5 Å². The van der Waals surface area contributed by atoms with E-state index >= 15 is 0 Å². The Kier molecular flexibility index (Phi) is 6.58. The Hall–Kier alpha value is -3.06. The number of hydrogen-bond acceptors (Lipinski definition) is 7. The molecule has 1 aliphatic heterocycles. The van der Waals surface area contributed by atoms with Crippen LogP contribution in [0.5, 0.6) is 23.0 Å². The number of nitrogens with zero attached hydrogens (tertiary/aromatic N) is 1. The van der Waals surface area contributed by atoms with Crippen LogP contribution in [0.3, 0.4) is 0 Å². The van der Waals surface area contributed by atoms with Gasteiger partial charge in [0.05, 0.1) is 25.0 Å². The minimum atomic E-state index is -0.659. The minimum absolute atomic E-state index is 0.122. The van der Waals surface area contributed by atoms with E-state index in [0.29, 0.717) is 23.0 Å². The van der Waals surface area contributed by atoms with Gasteiger partial charge in [-0.3, -0.25) is 14.5 Å². The van der Waals surface area contributed by atoms with Crippen LogP contribution in [-0.4, -0.2) is 44.7 Å². The fourth-order valence-corrected chi connectivity index (χ4v) is 4.73. The first kappa shape index (κ1) is 26.0. The first-order chi connectivity index (χ1) is 16.8. The van der Waals surface area contributed by atoms with Gasteiger partial charge in [0.15, 0.2) is 23.0 Å². The van der Waals surface area contributed by atoms with Gasteiger partial charge in [0.1, 0.15) is 0 Å². The number of carbonyl (C=O) groups is 2. The molecular formula is C29H37NO6. The number of fused-ring (bicyclic) bond motifs is 2. The van der Waals surface area contributed by atoms with Crippen molar-refractivity contribution in [3.05, 3.63) is 34.9 Å². The average Bonchev–Trinajstić information content (AvgIpc) is 2.79. The van der Waals surface area contributed by atoms with E-state index in [1.165, 1.54) is 5.56 Å². The maximum absolute atomic E-state index is 12.8. The lowest BCUT2D eigenvalue weighted by molar-refractivity contribution is -0.143. The molecule has 7 nitrogen and oxygen atoms in total. The van der Waals surface area contributed by atoms with Crippen LogP contribution < -0.4 is 18.9 Å². The first-order valence-electron chi connectivity index (χ1n) is 12.4. The smallest absolute Gasteiger partial charge is 0.316 e. The highest BCUT2D eigenvalue weighted by molar-refractivity contribution is 5.88. The zero-order valence-electron chi connectivity index (χ0n) is 22.8. The lowest BCUT2D eigenvalue weighted by atomic mass is 9.76. The van der Waals surface area contributed by atoms with Crippen molar-refractivity contribution in [2.75, 3.05) is 27.8 Å². The zero-order valence-corrected chi connectivity index (χ0v) is 22.8. The van der Waals surface area contributed by atoms with Crippen molar-refractivity contribution in [1.82, 2.24) is 4.90 Å². The van der Waals surface area contributed by atoms with E-state index in [0.717, 1.165) is 41.6 Å². The number of esters is 2. The number of methoxy groups -OCH3 is 2. The Morgan fingerprint density at radius 1 is 0.833 bits per heavy atom. The van der Waals surface area contributed by atoms with Crippen LogP contribution in [0.25, 0.3) is 11.1 Å². The molecule has 1 aliphatic carbocycles. The standard InChI is InChI=1S/C29H37NO6/c1-28(2,3)26(31)35-21-14-17-12-19-23-16(10-11-30(19)7)13-22(36-27(32)29(4,5)6)25(34-9)24(23)18(17)15-20(21)33-8/h13-15,19H,10-12H2,1-9H3. The minimum Gasteiger partial charge on any atom is -0.493 e. The number of rotatable bonds is 4. The molecule has 1 unspecified atom stereocenters. The molecule has 0 fully saturated rings. The van der Waals surface area contributed by atoms with Gasteiger partial charge in [0.25, 0.3) is 0 Å². The van der Waals surface area contributed by atoms with Crippen molar-refractivity contribution >= 4 is 11.9 Å². The van der Waals surface area contributed by atoms with Gasteiger partial charge in [-0.05, 0) is 102 Å². The summed E-state index contributed by atoms with van der Waals surface area (Å²) in [7, 11) is 5.27. The van der Waals surface area contributed by atoms with E-state index in [9.17, 15) is 9.59 Å². The highest BCUT2D eigenvalue weighted by atomic mass is 16.6. The maximum Gasteiger partial charge on any atom is 0.316 e. The molecule has 0 N–H and O–H groups in total. The number of carbonyl (C=O) groups excluding carboxylic acids is 2. The fourth-order valence-electron chi connectivity index (χ4n) is 4.73. The quantitative estimate of drug-likeness (QED) is 0.418. The van der Waals surface area contributed by atoms with Crippen LogP contribution in [0.2, 0.25) is 0 Å². The predicted molar refractivity (Wildman–Crippen MR) is 138 cm³/mol. The van der Waals surface area contributed by atoms with Crippen LogP contribution in [0.15, 0.2) is 18.2 Å². The summed E-state index contributed by atoms with van der Waals surface area (Å²) in [6.07, 6.45) is 1.59. The molecule has 36 heavy (non-hydrogen) atoms. The molecule has 194 valence electrons. The first-order valence-corrected chi connectivity index (χ1v) is 12.4. The fraction of sp³-hybridized carbons (Fsp3) is 0.517. The molecule has 0 bridgehead atoms. The van der Waals surface area contributed by atoms with Crippen LogP contribution in [0.1, 0.15) is 64.3 Å². The Morgan fingerprint density at radius 3 is 1.97 bits per heavy atom. The molecule has 0 spiro atoms. The van der Waals surface area contributed by atoms with Gasteiger partial charge in [-0.2, -0.15) is 0 Å². The molecule has 2 aliphatic rings. The predicted octanol–water partition coefficient (Wildman–Crippen LogP) is 5.36. The molecule has 0 aromatic heterocycles. The van der Waals surface area contributed by atoms with Gasteiger partial charge in [-0.1, -0.05) is 0 Å². The van der Waals surface area contributed by atoms with Crippen molar-refractivity contribution in [2.24, 2.45) is 10.8 Å². The molecule has 4 rings (SSSR count). The van der Waals surface area contributed by atoms with Crippen molar-refractivity contribution in [1.29, 1.82) is 0 Å². The number of benzene rings is 2. The topological polar surface area (TPSA) is 74.3 Å². The second kappa shape index (κ2) is 9.11. The van der Waals surface area contributed by atoms with Gasteiger partial charge in [-0.15, -0.1) is 0 Å². The van der Waals surface area contributed by atoms with E-state index in [4.69, 9.17) is 18.9 Å². The normalized spacial score (nSPS) is 17.1. The molecule has 7 heteroatoms. The Balaban J connectivity index is 1.93. The molecule has 0 saturated heterocycles. The molecular weight excluding hydrogens is 458 g/mol. The number of hydrogen-bond donors (Lipinski definition) is 0. The van der Waals surface area contributed by atoms with E-state index in [2.05, 4.69) is 11.9 Å². The number of likely N-dealkylation sites (N-methyl/N-ethyl adjacent to an activating group) is 1. The third-order valence-corrected chi connectivity index (χ3v) is 6.88. The van der Waals surface area contributed by atoms with Crippen LogP contribution in [0, 0.1) is 10.8 Å². The Labute approximate surface area is 213 Å². The molecule has 0 amide bonds. The van der Waals surface area contributed by atoms with Crippen molar-refractivity contribution in [3.8, 4) is 34.1 Å². The highest BCUT2D eigenvalue weighted by Gasteiger charge is 2.38. The molecule has 0 radical (unpaired) electrons. The molecule has 1 atom stereocenters. The summed E-state index contributed by atoms with van der Waals surface area (Å²) in [5, 5.41) is 0. The van der Waals surface area contributed by atoms with E-state index in [1.807, 2.05) is 59.7 Å². The number of ether oxygens (including phenoxy) is 4. The van der Waals surface area contributed by atoms with Crippen LogP contribution in [0.4, 0.5) is 0 Å². The largest absolute Gasteiger partial charge is 0.493 e. The van der Waals surface area contributed by atoms with E-state index < -0.39 is 10.8 Å². The highest BCUT2D eigenvalue weighted by Crippen LogP contribution is 2.54. The summed E-state index contributed by atoms with van der Waals surface area (Å²) in [5.74, 6) is 1.14. The van der Waals surface area contributed by atoms with Gasteiger partial charge < -0.3 is 18.9 Å². The summed E-state index contributed by atoms with van der Waals surface area (Å²) in [5.41, 5.74) is 3.87. The molecule has 1 heterocycles. The molecule has 2 aromatic carbocycles. The van der Waals surface area contributed by atoms with Crippen LogP contribution >= 0.6 is 0 Å². The van der Waals surface area contributed by atoms with Gasteiger partial charge >= 0.3 is 11.9 Å². The van der Waals surface area contributed by atoms with E-state index in [1.54, 1.807) is 14.2 Å². The Bertz CT molecular complexity index is 1220. The maximum atomic E-state index is 12.8. The van der Waals surface area contributed by atoms with Gasteiger partial charge in [0.2, 0.25) is 0 Å². The summed E-state index contributed by atoms with van der Waals surface area (Å²) < 4.78 is 23.3. The molecule has 0 saturated carbocycles. The summed E-state index contributed by atoms with van der Waals surface area (Å²) in [4.78, 5) is 27.8. The van der Waals surface area contributed by atoms with Gasteiger partial charge in [0, 0.05) is 18.2 Å². The zero-order chi connectivity index (χ0) is 26.6. The average molecular weight is 496 g/mol. The monoisotopic (exact) mass is 495 g/mol. The summed E-state index contributed by atoms with van der Waals surface area (Å²) >= 11 is 0. The molecule has 2 aromatic rings. The summed E-state index contributed by atoms with van der Waals surface area (Å²) in [6, 6.07) is 5.88. The second-order valence-corrected chi connectivity index (χ2v) is 11.7. The lowest BCUT2D eigenvalue weighted by Gasteiger charge is -2.40. The second-order valence-electron chi connectivity index (χ2n) is 11.7. The van der Waals surface area contributed by atoms with Crippen LogP contribution in [-0.2, 0) is 22.4 Å². The van der Waals surface area contributed by atoms with Crippen molar-refractivity contribution in [2.45, 2.75) is 60.4 Å². The Morgan fingerprint density at radius 2 is 1.42 bits per heavy atom.